The molecule has 6 heteroatoms. The van der Waals surface area contributed by atoms with E-state index in [4.69, 9.17) is 10.4 Å². The number of thioether (sulfide) groups is 1. The molecule has 14 heavy (non-hydrogen) atoms. The molecule has 1 atom stereocenters. The fraction of sp³-hybridized carbons (Fsp3) is 0.250. The number of aliphatic carboxylic acids is 1. The Morgan fingerprint density at radius 2 is 2.50 bits per heavy atom. The molecule has 1 aromatic rings. The van der Waals surface area contributed by atoms with Crippen molar-refractivity contribution in [1.82, 2.24) is 9.97 Å². The SMILES string of the molecule is CC(Sc1ccnc(C#N)n1)C(=O)O. The van der Waals surface area contributed by atoms with Crippen LogP contribution in [0.4, 0.5) is 0 Å². The van der Waals surface area contributed by atoms with Crippen LogP contribution in [0.25, 0.3) is 0 Å². The fourth-order valence-electron chi connectivity index (χ4n) is 0.693. The monoisotopic (exact) mass is 209 g/mol. The van der Waals surface area contributed by atoms with Crippen LogP contribution >= 0.6 is 11.8 Å². The number of carboxylic acid groups (broad SMARTS) is 1. The minimum Gasteiger partial charge on any atom is -0.480 e. The van der Waals surface area contributed by atoms with E-state index in [2.05, 4.69) is 9.97 Å². The Morgan fingerprint density at radius 3 is 3.07 bits per heavy atom. The van der Waals surface area contributed by atoms with Crippen molar-refractivity contribution in [3.8, 4) is 6.07 Å². The Kier molecular flexibility index (Phi) is 3.42. The first-order valence-corrected chi connectivity index (χ1v) is 4.64. The van der Waals surface area contributed by atoms with Gasteiger partial charge in [-0.15, -0.1) is 0 Å². The van der Waals surface area contributed by atoms with Crippen LogP contribution in [-0.4, -0.2) is 26.3 Å². The lowest BCUT2D eigenvalue weighted by atomic mass is 10.5. The Labute approximate surface area is 84.8 Å². The Balaban J connectivity index is 2.78. The summed E-state index contributed by atoms with van der Waals surface area (Å²) in [6.07, 6.45) is 1.43. The van der Waals surface area contributed by atoms with Crippen molar-refractivity contribution in [2.45, 2.75) is 17.2 Å². The summed E-state index contributed by atoms with van der Waals surface area (Å²) in [5.74, 6) is -0.861. The average molecular weight is 209 g/mol. The number of hydrogen-bond donors (Lipinski definition) is 1. The van der Waals surface area contributed by atoms with E-state index < -0.39 is 11.2 Å². The first-order valence-electron chi connectivity index (χ1n) is 3.76. The molecule has 0 spiro atoms. The van der Waals surface area contributed by atoms with Crippen LogP contribution < -0.4 is 0 Å². The van der Waals surface area contributed by atoms with E-state index >= 15 is 0 Å². The standard InChI is InChI=1S/C8H7N3O2S/c1-5(8(12)13)14-7-2-3-10-6(4-9)11-7/h2-3,5H,1H3,(H,12,13). The Bertz CT molecular complexity index is 388. The molecule has 0 radical (unpaired) electrons. The second kappa shape index (κ2) is 4.58. The van der Waals surface area contributed by atoms with Crippen LogP contribution in [0, 0.1) is 11.3 Å². The molecule has 0 fully saturated rings. The highest BCUT2D eigenvalue weighted by Crippen LogP contribution is 2.20. The quantitative estimate of drug-likeness (QED) is 0.588. The lowest BCUT2D eigenvalue weighted by Crippen LogP contribution is -2.11. The van der Waals surface area contributed by atoms with Gasteiger partial charge in [0.15, 0.2) is 0 Å². The third kappa shape index (κ3) is 2.71. The highest BCUT2D eigenvalue weighted by atomic mass is 32.2. The maximum Gasteiger partial charge on any atom is 0.316 e. The van der Waals surface area contributed by atoms with E-state index in [0.717, 1.165) is 11.8 Å². The summed E-state index contributed by atoms with van der Waals surface area (Å²) in [7, 11) is 0. The second-order valence-corrected chi connectivity index (χ2v) is 3.79. The number of carboxylic acids is 1. The molecule has 1 unspecified atom stereocenters. The van der Waals surface area contributed by atoms with E-state index in [-0.39, 0.29) is 5.82 Å². The Hall–Kier alpha value is -1.61. The molecule has 1 N–H and O–H groups in total. The van der Waals surface area contributed by atoms with Gasteiger partial charge >= 0.3 is 5.97 Å². The van der Waals surface area contributed by atoms with Crippen molar-refractivity contribution in [3.05, 3.63) is 18.1 Å². The molecule has 0 bridgehead atoms. The minimum atomic E-state index is -0.910. The third-order valence-electron chi connectivity index (χ3n) is 1.38. The van der Waals surface area contributed by atoms with Crippen molar-refractivity contribution in [3.63, 3.8) is 0 Å². The molecule has 72 valence electrons. The minimum absolute atomic E-state index is 0.0487. The average Bonchev–Trinajstić information content (AvgIpc) is 2.18. The maximum atomic E-state index is 10.5. The third-order valence-corrected chi connectivity index (χ3v) is 2.40. The van der Waals surface area contributed by atoms with Crippen LogP contribution in [0.2, 0.25) is 0 Å². The van der Waals surface area contributed by atoms with E-state index in [1.165, 1.54) is 6.20 Å². The number of carbonyl (C=O) groups is 1. The molecule has 0 aliphatic heterocycles. The fourth-order valence-corrected chi connectivity index (χ4v) is 1.43. The van der Waals surface area contributed by atoms with Crippen molar-refractivity contribution >= 4 is 17.7 Å². The summed E-state index contributed by atoms with van der Waals surface area (Å²) in [5, 5.41) is 17.1. The summed E-state index contributed by atoms with van der Waals surface area (Å²) in [4.78, 5) is 18.0. The Morgan fingerprint density at radius 1 is 1.79 bits per heavy atom. The van der Waals surface area contributed by atoms with Crippen molar-refractivity contribution in [1.29, 1.82) is 5.26 Å². The normalized spacial score (nSPS) is 11.7. The first kappa shape index (κ1) is 10.5. The number of nitrogens with zero attached hydrogens (tertiary/aromatic N) is 3. The smallest absolute Gasteiger partial charge is 0.316 e. The van der Waals surface area contributed by atoms with Gasteiger partial charge in [0.1, 0.15) is 16.3 Å². The maximum absolute atomic E-state index is 10.5. The lowest BCUT2D eigenvalue weighted by Gasteiger charge is -2.03. The topological polar surface area (TPSA) is 86.9 Å². The molecule has 5 nitrogen and oxygen atoms in total. The number of nitriles is 1. The zero-order valence-electron chi connectivity index (χ0n) is 7.34. The zero-order chi connectivity index (χ0) is 10.6. The van der Waals surface area contributed by atoms with Gasteiger partial charge in [-0.1, -0.05) is 11.8 Å². The predicted octanol–water partition coefficient (Wildman–Crippen LogP) is 0.913. The summed E-state index contributed by atoms with van der Waals surface area (Å²) in [5.41, 5.74) is 0. The van der Waals surface area contributed by atoms with E-state index in [0.29, 0.717) is 5.03 Å². The highest BCUT2D eigenvalue weighted by Gasteiger charge is 2.13. The highest BCUT2D eigenvalue weighted by molar-refractivity contribution is 8.00. The predicted molar refractivity (Wildman–Crippen MR) is 49.7 cm³/mol. The number of rotatable bonds is 3. The molecule has 0 aromatic carbocycles. The van der Waals surface area contributed by atoms with Gasteiger partial charge in [-0.2, -0.15) is 5.26 Å². The molecule has 0 aliphatic carbocycles. The lowest BCUT2D eigenvalue weighted by molar-refractivity contribution is -0.136. The van der Waals surface area contributed by atoms with Gasteiger partial charge in [-0.05, 0) is 13.0 Å². The summed E-state index contributed by atoms with van der Waals surface area (Å²) < 4.78 is 0. The number of aromatic nitrogens is 2. The van der Waals surface area contributed by atoms with Gasteiger partial charge in [-0.3, -0.25) is 4.79 Å². The van der Waals surface area contributed by atoms with Crippen molar-refractivity contribution in [2.24, 2.45) is 0 Å². The largest absolute Gasteiger partial charge is 0.480 e. The number of hydrogen-bond acceptors (Lipinski definition) is 5. The van der Waals surface area contributed by atoms with Gasteiger partial charge < -0.3 is 5.11 Å². The van der Waals surface area contributed by atoms with Crippen molar-refractivity contribution < 1.29 is 9.90 Å². The van der Waals surface area contributed by atoms with Gasteiger partial charge in [0, 0.05) is 6.20 Å². The van der Waals surface area contributed by atoms with Crippen LogP contribution in [0.1, 0.15) is 12.7 Å². The van der Waals surface area contributed by atoms with E-state index in [1.807, 2.05) is 0 Å². The van der Waals surface area contributed by atoms with Gasteiger partial charge in [0.2, 0.25) is 5.82 Å². The molecule has 0 aliphatic rings. The van der Waals surface area contributed by atoms with Crippen LogP contribution in [0.15, 0.2) is 17.3 Å². The molecule has 0 amide bonds. The van der Waals surface area contributed by atoms with Crippen LogP contribution in [0.3, 0.4) is 0 Å². The molecular weight excluding hydrogens is 202 g/mol. The molecule has 0 saturated heterocycles. The van der Waals surface area contributed by atoms with Gasteiger partial charge in [-0.25, -0.2) is 9.97 Å². The summed E-state index contributed by atoms with van der Waals surface area (Å²) in [6.45, 7) is 1.56. The van der Waals surface area contributed by atoms with Crippen molar-refractivity contribution in [2.75, 3.05) is 0 Å². The van der Waals surface area contributed by atoms with Crippen LogP contribution in [-0.2, 0) is 4.79 Å². The molecule has 1 rings (SSSR count). The zero-order valence-corrected chi connectivity index (χ0v) is 8.15. The van der Waals surface area contributed by atoms with Crippen LogP contribution in [0.5, 0.6) is 0 Å². The summed E-state index contributed by atoms with van der Waals surface area (Å²) in [6, 6.07) is 3.36. The molecular formula is C8H7N3O2S. The van der Waals surface area contributed by atoms with E-state index in [1.54, 1.807) is 19.1 Å². The van der Waals surface area contributed by atoms with Gasteiger partial charge in [0.25, 0.3) is 0 Å². The van der Waals surface area contributed by atoms with E-state index in [9.17, 15) is 4.79 Å². The van der Waals surface area contributed by atoms with Gasteiger partial charge in [0.05, 0.1) is 0 Å². The molecule has 1 aromatic heterocycles. The first-order chi connectivity index (χ1) is 6.63. The molecule has 0 saturated carbocycles. The summed E-state index contributed by atoms with van der Waals surface area (Å²) >= 11 is 1.08. The second-order valence-electron chi connectivity index (χ2n) is 2.43. The molecule has 1 heterocycles.